The number of nitrogens with zero attached hydrogens (tertiary/aromatic N) is 4. The number of phenols is 2. The predicted octanol–water partition coefficient (Wildman–Crippen LogP) is 3.07. The molecule has 0 radical (unpaired) electrons. The molecule has 4 atom stereocenters. The summed E-state index contributed by atoms with van der Waals surface area (Å²) < 4.78 is 0. The molecule has 0 bridgehead atoms. The van der Waals surface area contributed by atoms with Crippen molar-refractivity contribution in [3.05, 3.63) is 59.7 Å². The molecule has 3 aliphatic heterocycles. The fourth-order valence-corrected chi connectivity index (χ4v) is 8.45. The largest absolute Gasteiger partial charge is 0.508 e. The van der Waals surface area contributed by atoms with Crippen LogP contribution in [0.1, 0.15) is 69.4 Å². The first-order valence-electron chi connectivity index (χ1n) is 18.2. The molecular formula is C38H51N5O6. The van der Waals surface area contributed by atoms with Gasteiger partial charge in [0.05, 0.1) is 6.04 Å². The molecule has 2 aromatic rings. The highest BCUT2D eigenvalue weighted by Crippen LogP contribution is 2.30. The Morgan fingerprint density at radius 2 is 1.41 bits per heavy atom. The molecule has 0 unspecified atom stereocenters. The SMILES string of the molecule is CCC[C@@H]1CNC(=O)C(=O)N1C[C@@H]1CCCN1C[C@H](Cc1ccc(O)cc1)N1C[C@H](Cc2ccc(O)cc2)N(CC2CCCC2)C(=O)C1=O. The van der Waals surface area contributed by atoms with Gasteiger partial charge in [-0.1, -0.05) is 50.5 Å². The highest BCUT2D eigenvalue weighted by molar-refractivity contribution is 6.36. The first-order chi connectivity index (χ1) is 23.7. The van der Waals surface area contributed by atoms with Crippen LogP contribution in [-0.4, -0.2) is 117 Å². The number of aromatic hydroxyl groups is 2. The molecule has 6 rings (SSSR count). The number of hydrogen-bond acceptors (Lipinski definition) is 7. The van der Waals surface area contributed by atoms with Gasteiger partial charge < -0.3 is 30.2 Å². The lowest BCUT2D eigenvalue weighted by Gasteiger charge is -2.46. The molecule has 49 heavy (non-hydrogen) atoms. The van der Waals surface area contributed by atoms with Crippen molar-refractivity contribution < 1.29 is 29.4 Å². The number of amides is 4. The van der Waals surface area contributed by atoms with Crippen LogP contribution in [0.3, 0.4) is 0 Å². The summed E-state index contributed by atoms with van der Waals surface area (Å²) in [6, 6.07) is 13.5. The number of piperazine rings is 2. The van der Waals surface area contributed by atoms with Gasteiger partial charge in [-0.05, 0) is 92.8 Å². The third-order valence-electron chi connectivity index (χ3n) is 11.1. The van der Waals surface area contributed by atoms with Crippen LogP contribution < -0.4 is 5.32 Å². The number of benzene rings is 2. The van der Waals surface area contributed by atoms with Crippen LogP contribution in [0, 0.1) is 5.92 Å². The molecule has 4 amide bonds. The maximum absolute atomic E-state index is 14.1. The normalized spacial score (nSPS) is 24.6. The lowest BCUT2D eigenvalue weighted by molar-refractivity contribution is -0.162. The average Bonchev–Trinajstić information content (AvgIpc) is 3.78. The molecule has 1 saturated carbocycles. The van der Waals surface area contributed by atoms with Crippen molar-refractivity contribution in [2.24, 2.45) is 5.92 Å². The van der Waals surface area contributed by atoms with Gasteiger partial charge in [0.2, 0.25) is 0 Å². The van der Waals surface area contributed by atoms with Crippen molar-refractivity contribution in [3.8, 4) is 11.5 Å². The molecular weight excluding hydrogens is 622 g/mol. The van der Waals surface area contributed by atoms with Crippen molar-refractivity contribution in [1.82, 2.24) is 24.9 Å². The Morgan fingerprint density at radius 3 is 2.08 bits per heavy atom. The first kappa shape index (κ1) is 34.7. The zero-order chi connectivity index (χ0) is 34.5. The fraction of sp³-hybridized carbons (Fsp3) is 0.579. The first-order valence-corrected chi connectivity index (χ1v) is 18.2. The quantitative estimate of drug-likeness (QED) is 0.279. The third kappa shape index (κ3) is 8.20. The molecule has 264 valence electrons. The van der Waals surface area contributed by atoms with Crippen LogP contribution in [0.15, 0.2) is 48.5 Å². The molecule has 3 heterocycles. The van der Waals surface area contributed by atoms with Crippen molar-refractivity contribution in [3.63, 3.8) is 0 Å². The molecule has 4 aliphatic rings. The molecule has 3 saturated heterocycles. The van der Waals surface area contributed by atoms with Crippen LogP contribution in [-0.2, 0) is 32.0 Å². The lowest BCUT2D eigenvalue weighted by atomic mass is 9.96. The Morgan fingerprint density at radius 1 is 0.755 bits per heavy atom. The molecule has 1 aliphatic carbocycles. The van der Waals surface area contributed by atoms with Crippen LogP contribution in [0.25, 0.3) is 0 Å². The summed E-state index contributed by atoms with van der Waals surface area (Å²) >= 11 is 0. The minimum atomic E-state index is -0.554. The number of phenolic OH excluding ortho intramolecular Hbond substituents is 2. The second kappa shape index (κ2) is 15.6. The van der Waals surface area contributed by atoms with Gasteiger partial charge in [0.15, 0.2) is 0 Å². The summed E-state index contributed by atoms with van der Waals surface area (Å²) in [6.07, 6.45) is 9.02. The van der Waals surface area contributed by atoms with Gasteiger partial charge in [0, 0.05) is 50.8 Å². The Bertz CT molecular complexity index is 1480. The van der Waals surface area contributed by atoms with E-state index in [1.54, 1.807) is 34.1 Å². The van der Waals surface area contributed by atoms with Crippen molar-refractivity contribution >= 4 is 23.6 Å². The number of carbonyl (C=O) groups is 4. The Balaban J connectivity index is 1.26. The van der Waals surface area contributed by atoms with Crippen molar-refractivity contribution in [1.29, 1.82) is 0 Å². The van der Waals surface area contributed by atoms with Crippen molar-refractivity contribution in [2.45, 2.75) is 95.3 Å². The average molecular weight is 674 g/mol. The topological polar surface area (TPSA) is 134 Å². The van der Waals surface area contributed by atoms with E-state index in [1.807, 2.05) is 29.2 Å². The second-order valence-electron chi connectivity index (χ2n) is 14.5. The molecule has 11 nitrogen and oxygen atoms in total. The Kier molecular flexibility index (Phi) is 11.1. The van der Waals surface area contributed by atoms with Gasteiger partial charge in [-0.25, -0.2) is 0 Å². The van der Waals surface area contributed by atoms with Crippen LogP contribution in [0.4, 0.5) is 0 Å². The van der Waals surface area contributed by atoms with Crippen molar-refractivity contribution in [2.75, 3.05) is 39.3 Å². The van der Waals surface area contributed by atoms with E-state index in [4.69, 9.17) is 0 Å². The van der Waals surface area contributed by atoms with E-state index in [0.29, 0.717) is 51.5 Å². The van der Waals surface area contributed by atoms with E-state index in [2.05, 4.69) is 17.1 Å². The number of hydrogen-bond donors (Lipinski definition) is 3. The molecule has 0 spiro atoms. The lowest BCUT2D eigenvalue weighted by Crippen LogP contribution is -2.65. The number of nitrogens with one attached hydrogen (secondary N) is 1. The van der Waals surface area contributed by atoms with E-state index in [-0.39, 0.29) is 35.7 Å². The van der Waals surface area contributed by atoms with Crippen LogP contribution in [0.5, 0.6) is 11.5 Å². The zero-order valence-electron chi connectivity index (χ0n) is 28.6. The van der Waals surface area contributed by atoms with Gasteiger partial charge in [-0.2, -0.15) is 0 Å². The van der Waals surface area contributed by atoms with Gasteiger partial charge in [0.25, 0.3) is 0 Å². The summed E-state index contributed by atoms with van der Waals surface area (Å²) in [5.74, 6) is -1.23. The Hall–Kier alpha value is -4.12. The fourth-order valence-electron chi connectivity index (χ4n) is 8.45. The van der Waals surface area contributed by atoms with Crippen LogP contribution >= 0.6 is 0 Å². The molecule has 2 aromatic carbocycles. The predicted molar refractivity (Wildman–Crippen MR) is 185 cm³/mol. The zero-order valence-corrected chi connectivity index (χ0v) is 28.6. The third-order valence-corrected chi connectivity index (χ3v) is 11.1. The minimum Gasteiger partial charge on any atom is -0.508 e. The van der Waals surface area contributed by atoms with E-state index >= 15 is 0 Å². The van der Waals surface area contributed by atoms with Gasteiger partial charge in [0.1, 0.15) is 11.5 Å². The van der Waals surface area contributed by atoms with Gasteiger partial charge in [-0.3, -0.25) is 24.1 Å². The minimum absolute atomic E-state index is 0.0266. The molecule has 0 aromatic heterocycles. The van der Waals surface area contributed by atoms with Crippen LogP contribution in [0.2, 0.25) is 0 Å². The maximum Gasteiger partial charge on any atom is 0.312 e. The summed E-state index contributed by atoms with van der Waals surface area (Å²) in [7, 11) is 0. The Labute approximate surface area is 289 Å². The highest BCUT2D eigenvalue weighted by atomic mass is 16.3. The van der Waals surface area contributed by atoms with E-state index in [1.165, 1.54) is 0 Å². The number of rotatable bonds is 13. The maximum atomic E-state index is 14.1. The van der Waals surface area contributed by atoms with E-state index < -0.39 is 23.6 Å². The smallest absolute Gasteiger partial charge is 0.312 e. The highest BCUT2D eigenvalue weighted by Gasteiger charge is 2.44. The standard InChI is InChI=1S/C38H51N5O6/c1-2-6-29-21-39-35(46)36(47)42(29)24-30-9-5-18-40(30)23-31(19-26-10-14-33(44)15-11-26)43-25-32(20-27-12-16-34(45)17-13-27)41(37(48)38(43)49)22-28-7-3-4-8-28/h10-17,28-32,44-45H,2-9,18-25H2,1H3,(H,39,46)/t29-,30+,31+,32+/m1/s1. The summed E-state index contributed by atoms with van der Waals surface area (Å²) in [5.41, 5.74) is 1.95. The summed E-state index contributed by atoms with van der Waals surface area (Å²) in [4.78, 5) is 61.3. The second-order valence-corrected chi connectivity index (χ2v) is 14.5. The number of carbonyl (C=O) groups excluding carboxylic acids is 4. The molecule has 4 fully saturated rings. The van der Waals surface area contributed by atoms with Gasteiger partial charge >= 0.3 is 23.6 Å². The van der Waals surface area contributed by atoms with E-state index in [9.17, 15) is 29.4 Å². The number of likely N-dealkylation sites (tertiary alicyclic amines) is 1. The van der Waals surface area contributed by atoms with E-state index in [0.717, 1.165) is 69.0 Å². The molecule has 11 heteroatoms. The summed E-state index contributed by atoms with van der Waals surface area (Å²) in [5, 5.41) is 22.6. The van der Waals surface area contributed by atoms with Gasteiger partial charge in [-0.15, -0.1) is 0 Å². The summed E-state index contributed by atoms with van der Waals surface area (Å²) in [6.45, 7) is 5.27. The monoisotopic (exact) mass is 673 g/mol. The molecule has 3 N–H and O–H groups in total.